The van der Waals surface area contributed by atoms with Crippen molar-refractivity contribution in [3.05, 3.63) is 54.1 Å². The van der Waals surface area contributed by atoms with Gasteiger partial charge in [0.25, 0.3) is 5.91 Å². The SMILES string of the molecule is NC(=O)C1CC(C(=O)N2CCc3cncnc3C2)=NN1c1ccccc1. The summed E-state index contributed by atoms with van der Waals surface area (Å²) in [6.45, 7) is 0.993. The normalized spacial score (nSPS) is 19.1. The van der Waals surface area contributed by atoms with Crippen LogP contribution in [-0.2, 0) is 22.6 Å². The zero-order chi connectivity index (χ0) is 18.1. The Morgan fingerprint density at radius 1 is 1.19 bits per heavy atom. The second-order valence-electron chi connectivity index (χ2n) is 6.32. The number of nitrogens with two attached hydrogens (primary N) is 1. The van der Waals surface area contributed by atoms with Gasteiger partial charge < -0.3 is 10.6 Å². The third-order valence-corrected chi connectivity index (χ3v) is 4.67. The molecule has 1 aromatic heterocycles. The van der Waals surface area contributed by atoms with Gasteiger partial charge in [0.15, 0.2) is 0 Å². The fourth-order valence-electron chi connectivity index (χ4n) is 3.29. The third kappa shape index (κ3) is 2.90. The Balaban J connectivity index is 1.57. The summed E-state index contributed by atoms with van der Waals surface area (Å²) in [5.74, 6) is -0.684. The number of amides is 2. The first-order valence-electron chi connectivity index (χ1n) is 8.41. The highest BCUT2D eigenvalue weighted by atomic mass is 16.2. The Hall–Kier alpha value is -3.29. The van der Waals surface area contributed by atoms with Crippen molar-refractivity contribution in [2.24, 2.45) is 10.8 Å². The van der Waals surface area contributed by atoms with E-state index in [1.54, 1.807) is 11.1 Å². The first kappa shape index (κ1) is 16.2. The number of benzene rings is 1. The molecule has 1 atom stereocenters. The highest BCUT2D eigenvalue weighted by Gasteiger charge is 2.37. The van der Waals surface area contributed by atoms with Crippen LogP contribution >= 0.6 is 0 Å². The summed E-state index contributed by atoms with van der Waals surface area (Å²) in [7, 11) is 0. The summed E-state index contributed by atoms with van der Waals surface area (Å²) in [6.07, 6.45) is 4.19. The smallest absolute Gasteiger partial charge is 0.270 e. The summed E-state index contributed by atoms with van der Waals surface area (Å²) in [6, 6.07) is 8.59. The van der Waals surface area contributed by atoms with E-state index in [2.05, 4.69) is 15.1 Å². The average Bonchev–Trinajstić information content (AvgIpc) is 3.13. The standard InChI is InChI=1S/C18H18N6O2/c19-17(25)16-8-14(22-24(16)13-4-2-1-3-5-13)18(26)23-7-6-12-9-20-11-21-15(12)10-23/h1-5,9,11,16H,6-8,10H2,(H2,19,25). The van der Waals surface area contributed by atoms with E-state index in [9.17, 15) is 9.59 Å². The molecule has 0 bridgehead atoms. The van der Waals surface area contributed by atoms with Crippen LogP contribution in [0.4, 0.5) is 5.69 Å². The van der Waals surface area contributed by atoms with Crippen molar-refractivity contribution in [2.75, 3.05) is 11.6 Å². The summed E-state index contributed by atoms with van der Waals surface area (Å²) in [5, 5.41) is 5.95. The van der Waals surface area contributed by atoms with Crippen LogP contribution < -0.4 is 10.7 Å². The Morgan fingerprint density at radius 3 is 2.77 bits per heavy atom. The zero-order valence-electron chi connectivity index (χ0n) is 14.1. The second kappa shape index (κ2) is 6.55. The van der Waals surface area contributed by atoms with Crippen molar-refractivity contribution < 1.29 is 9.59 Å². The van der Waals surface area contributed by atoms with Crippen molar-refractivity contribution in [3.8, 4) is 0 Å². The molecule has 4 rings (SSSR count). The number of primary amides is 1. The number of carbonyl (C=O) groups excluding carboxylic acids is 2. The molecule has 2 N–H and O–H groups in total. The fraction of sp³-hybridized carbons (Fsp3) is 0.278. The van der Waals surface area contributed by atoms with Gasteiger partial charge in [0.1, 0.15) is 18.1 Å². The van der Waals surface area contributed by atoms with Gasteiger partial charge in [-0.25, -0.2) is 9.97 Å². The Bertz CT molecular complexity index is 882. The molecule has 0 saturated carbocycles. The van der Waals surface area contributed by atoms with Crippen LogP contribution in [0.5, 0.6) is 0 Å². The molecule has 1 unspecified atom stereocenters. The highest BCUT2D eigenvalue weighted by molar-refractivity contribution is 6.40. The minimum absolute atomic E-state index is 0.182. The van der Waals surface area contributed by atoms with Crippen molar-refractivity contribution in [1.29, 1.82) is 0 Å². The molecule has 8 nitrogen and oxygen atoms in total. The molecule has 8 heteroatoms. The lowest BCUT2D eigenvalue weighted by Gasteiger charge is -2.27. The van der Waals surface area contributed by atoms with E-state index in [4.69, 9.17) is 5.73 Å². The molecule has 3 heterocycles. The van der Waals surface area contributed by atoms with Crippen LogP contribution in [-0.4, -0.2) is 45.0 Å². The lowest BCUT2D eigenvalue weighted by molar-refractivity contribution is -0.125. The Morgan fingerprint density at radius 2 is 2.00 bits per heavy atom. The summed E-state index contributed by atoms with van der Waals surface area (Å²) in [4.78, 5) is 34.8. The molecule has 132 valence electrons. The van der Waals surface area contributed by atoms with Crippen molar-refractivity contribution in [1.82, 2.24) is 14.9 Å². The van der Waals surface area contributed by atoms with E-state index in [1.165, 1.54) is 11.3 Å². The number of hydrazone groups is 1. The number of nitrogens with zero attached hydrogens (tertiary/aromatic N) is 5. The van der Waals surface area contributed by atoms with Crippen LogP contribution in [0.1, 0.15) is 17.7 Å². The predicted octanol–water partition coefficient (Wildman–Crippen LogP) is 0.482. The summed E-state index contributed by atoms with van der Waals surface area (Å²) < 4.78 is 0. The number of hydrogen-bond donors (Lipinski definition) is 1. The third-order valence-electron chi connectivity index (χ3n) is 4.67. The molecule has 1 aromatic carbocycles. The number of fused-ring (bicyclic) bond motifs is 1. The Labute approximate surface area is 150 Å². The van der Waals surface area contributed by atoms with E-state index < -0.39 is 11.9 Å². The molecule has 0 aliphatic carbocycles. The molecule has 26 heavy (non-hydrogen) atoms. The van der Waals surface area contributed by atoms with Crippen LogP contribution in [0.25, 0.3) is 0 Å². The second-order valence-corrected chi connectivity index (χ2v) is 6.32. The lowest BCUT2D eigenvalue weighted by atomic mass is 10.0. The average molecular weight is 350 g/mol. The van der Waals surface area contributed by atoms with Gasteiger partial charge in [-0.05, 0) is 24.1 Å². The molecule has 2 aliphatic heterocycles. The van der Waals surface area contributed by atoms with Gasteiger partial charge in [0, 0.05) is 19.2 Å². The van der Waals surface area contributed by atoms with Gasteiger partial charge in [0.2, 0.25) is 5.91 Å². The van der Waals surface area contributed by atoms with Crippen LogP contribution in [0, 0.1) is 0 Å². The van der Waals surface area contributed by atoms with E-state index >= 15 is 0 Å². The minimum atomic E-state index is -0.657. The van der Waals surface area contributed by atoms with Gasteiger partial charge >= 0.3 is 0 Å². The number of rotatable bonds is 3. The fourth-order valence-corrected chi connectivity index (χ4v) is 3.29. The maximum Gasteiger partial charge on any atom is 0.270 e. The van der Waals surface area contributed by atoms with Gasteiger partial charge in [-0.2, -0.15) is 5.10 Å². The van der Waals surface area contributed by atoms with Gasteiger partial charge in [-0.3, -0.25) is 14.6 Å². The van der Waals surface area contributed by atoms with E-state index in [-0.39, 0.29) is 12.3 Å². The summed E-state index contributed by atoms with van der Waals surface area (Å²) in [5.41, 5.74) is 8.52. The van der Waals surface area contributed by atoms with Gasteiger partial charge in [-0.1, -0.05) is 18.2 Å². The van der Waals surface area contributed by atoms with Crippen molar-refractivity contribution in [3.63, 3.8) is 0 Å². The van der Waals surface area contributed by atoms with Crippen LogP contribution in [0.3, 0.4) is 0 Å². The maximum absolute atomic E-state index is 12.9. The number of carbonyl (C=O) groups is 2. The largest absolute Gasteiger partial charge is 0.368 e. The molecule has 0 spiro atoms. The van der Waals surface area contributed by atoms with Gasteiger partial charge in [0.05, 0.1) is 17.9 Å². The molecule has 2 aromatic rings. The van der Waals surface area contributed by atoms with Crippen molar-refractivity contribution >= 4 is 23.2 Å². The number of anilines is 1. The first-order valence-corrected chi connectivity index (χ1v) is 8.41. The van der Waals surface area contributed by atoms with E-state index in [1.807, 2.05) is 30.3 Å². The molecule has 0 radical (unpaired) electrons. The van der Waals surface area contributed by atoms with E-state index in [0.29, 0.717) is 25.2 Å². The number of para-hydroxylation sites is 1. The van der Waals surface area contributed by atoms with Crippen LogP contribution in [0.2, 0.25) is 0 Å². The van der Waals surface area contributed by atoms with Gasteiger partial charge in [-0.15, -0.1) is 0 Å². The minimum Gasteiger partial charge on any atom is -0.368 e. The molecular formula is C18H18N6O2. The molecule has 0 saturated heterocycles. The first-order chi connectivity index (χ1) is 12.6. The topological polar surface area (TPSA) is 105 Å². The predicted molar refractivity (Wildman–Crippen MR) is 95.1 cm³/mol. The highest BCUT2D eigenvalue weighted by Crippen LogP contribution is 2.26. The number of aromatic nitrogens is 2. The molecule has 2 amide bonds. The molecular weight excluding hydrogens is 332 g/mol. The Kier molecular flexibility index (Phi) is 4.08. The molecule has 2 aliphatic rings. The van der Waals surface area contributed by atoms with Crippen molar-refractivity contribution in [2.45, 2.75) is 25.4 Å². The lowest BCUT2D eigenvalue weighted by Crippen LogP contribution is -2.42. The zero-order valence-corrected chi connectivity index (χ0v) is 14.1. The monoisotopic (exact) mass is 350 g/mol. The van der Waals surface area contributed by atoms with E-state index in [0.717, 1.165) is 16.9 Å². The number of hydrogen-bond acceptors (Lipinski definition) is 6. The summed E-state index contributed by atoms with van der Waals surface area (Å²) >= 11 is 0. The van der Waals surface area contributed by atoms with Crippen LogP contribution in [0.15, 0.2) is 48.0 Å². The molecule has 0 fully saturated rings. The quantitative estimate of drug-likeness (QED) is 0.867. The maximum atomic E-state index is 12.9.